The number of carboxylic acid groups (broad SMARTS) is 1. The number of imidazole rings is 1. The normalized spacial score (nSPS) is 12.4. The summed E-state index contributed by atoms with van der Waals surface area (Å²) in [4.78, 5) is 27.1. The van der Waals surface area contributed by atoms with Crippen LogP contribution in [0, 0.1) is 0 Å². The van der Waals surface area contributed by atoms with E-state index in [1.807, 2.05) is 0 Å². The molecule has 0 radical (unpaired) electrons. The first-order chi connectivity index (χ1) is 14.8. The van der Waals surface area contributed by atoms with Crippen LogP contribution in [0.2, 0.25) is 5.02 Å². The number of hydrogen-bond donors (Lipinski definition) is 3. The maximum absolute atomic E-state index is 12.7. The van der Waals surface area contributed by atoms with Crippen molar-refractivity contribution in [1.82, 2.24) is 19.6 Å². The molecular weight excluding hydrogens is 444 g/mol. The molecule has 0 fully saturated rings. The lowest BCUT2D eigenvalue weighted by molar-refractivity contribution is -0.137. The van der Waals surface area contributed by atoms with Crippen molar-refractivity contribution < 1.29 is 23.1 Å². The maximum Gasteiger partial charge on any atom is 0.303 e. The number of aliphatic carboxylic acids is 1. The van der Waals surface area contributed by atoms with Gasteiger partial charge in [-0.2, -0.15) is 4.72 Å². The molecule has 0 unspecified atom stereocenters. The average molecular weight is 471 g/mol. The molecule has 11 heteroatoms. The van der Waals surface area contributed by atoms with Crippen LogP contribution in [0.3, 0.4) is 0 Å². The Labute approximate surface area is 186 Å². The fourth-order valence-corrected chi connectivity index (χ4v) is 4.23. The van der Waals surface area contributed by atoms with Crippen LogP contribution in [0.25, 0.3) is 0 Å². The quantitative estimate of drug-likeness (QED) is 0.363. The minimum atomic E-state index is -3.93. The van der Waals surface area contributed by atoms with Crippen molar-refractivity contribution in [3.05, 3.63) is 48.0 Å². The van der Waals surface area contributed by atoms with E-state index >= 15 is 0 Å². The van der Waals surface area contributed by atoms with E-state index in [9.17, 15) is 18.0 Å². The summed E-state index contributed by atoms with van der Waals surface area (Å²) < 4.78 is 29.5. The van der Waals surface area contributed by atoms with Crippen molar-refractivity contribution in [2.75, 3.05) is 6.54 Å². The van der Waals surface area contributed by atoms with E-state index < -0.39 is 27.9 Å². The molecule has 1 aromatic carbocycles. The molecule has 1 heterocycles. The molecule has 0 saturated carbocycles. The van der Waals surface area contributed by atoms with Gasteiger partial charge in [0.15, 0.2) is 0 Å². The Morgan fingerprint density at radius 3 is 2.42 bits per heavy atom. The zero-order valence-corrected chi connectivity index (χ0v) is 18.6. The van der Waals surface area contributed by atoms with Crippen molar-refractivity contribution in [2.45, 2.75) is 56.0 Å². The first-order valence-electron chi connectivity index (χ1n) is 10.0. The number of hydrogen-bond acceptors (Lipinski definition) is 5. The van der Waals surface area contributed by atoms with Gasteiger partial charge in [-0.3, -0.25) is 9.59 Å². The topological polar surface area (TPSA) is 130 Å². The number of unbranched alkanes of at least 4 members (excludes halogenated alkanes) is 4. The average Bonchev–Trinajstić information content (AvgIpc) is 3.22. The largest absolute Gasteiger partial charge is 0.481 e. The second-order valence-electron chi connectivity index (χ2n) is 7.09. The lowest BCUT2D eigenvalue weighted by Crippen LogP contribution is -2.49. The van der Waals surface area contributed by atoms with E-state index in [1.54, 1.807) is 17.0 Å². The number of nitrogens with one attached hydrogen (secondary N) is 2. The Balaban J connectivity index is 1.89. The van der Waals surface area contributed by atoms with Gasteiger partial charge in [0.05, 0.1) is 11.2 Å². The van der Waals surface area contributed by atoms with Gasteiger partial charge in [0.1, 0.15) is 6.04 Å². The Kier molecular flexibility index (Phi) is 9.96. The number of carboxylic acids is 1. The molecule has 0 aliphatic heterocycles. The predicted molar refractivity (Wildman–Crippen MR) is 116 cm³/mol. The van der Waals surface area contributed by atoms with Crippen molar-refractivity contribution in [3.8, 4) is 0 Å². The predicted octanol–water partition coefficient (Wildman–Crippen LogP) is 2.42. The van der Waals surface area contributed by atoms with Crippen LogP contribution in [-0.2, 0) is 26.2 Å². The van der Waals surface area contributed by atoms with E-state index in [2.05, 4.69) is 15.0 Å². The van der Waals surface area contributed by atoms with Crippen LogP contribution in [0.4, 0.5) is 0 Å². The van der Waals surface area contributed by atoms with Gasteiger partial charge in [-0.1, -0.05) is 30.9 Å². The second-order valence-corrected chi connectivity index (χ2v) is 9.24. The molecule has 0 aliphatic rings. The summed E-state index contributed by atoms with van der Waals surface area (Å²) in [6.07, 6.45) is 8.79. The monoisotopic (exact) mass is 470 g/mol. The molecule has 2 rings (SSSR count). The third kappa shape index (κ3) is 9.07. The van der Waals surface area contributed by atoms with Crippen LogP contribution in [0.5, 0.6) is 0 Å². The summed E-state index contributed by atoms with van der Waals surface area (Å²) in [7, 11) is -3.93. The Hall–Kier alpha value is -2.43. The van der Waals surface area contributed by atoms with Crippen molar-refractivity contribution in [1.29, 1.82) is 0 Å². The van der Waals surface area contributed by atoms with Gasteiger partial charge in [-0.05, 0) is 37.1 Å². The third-order valence-electron chi connectivity index (χ3n) is 4.56. The van der Waals surface area contributed by atoms with Gasteiger partial charge in [0.2, 0.25) is 15.9 Å². The first kappa shape index (κ1) is 24.8. The fraction of sp³-hybridized carbons (Fsp3) is 0.450. The minimum absolute atomic E-state index is 0.0155. The van der Waals surface area contributed by atoms with Crippen LogP contribution < -0.4 is 10.0 Å². The number of aromatic nitrogens is 2. The highest BCUT2D eigenvalue weighted by atomic mass is 35.5. The molecule has 31 heavy (non-hydrogen) atoms. The van der Waals surface area contributed by atoms with Gasteiger partial charge in [0.25, 0.3) is 0 Å². The van der Waals surface area contributed by atoms with E-state index in [0.717, 1.165) is 25.7 Å². The van der Waals surface area contributed by atoms with E-state index in [4.69, 9.17) is 16.7 Å². The number of rotatable bonds is 14. The molecule has 1 aromatic heterocycles. The highest BCUT2D eigenvalue weighted by molar-refractivity contribution is 7.89. The molecule has 0 spiro atoms. The first-order valence-corrected chi connectivity index (χ1v) is 11.9. The highest BCUT2D eigenvalue weighted by Crippen LogP contribution is 2.14. The smallest absolute Gasteiger partial charge is 0.303 e. The van der Waals surface area contributed by atoms with E-state index in [-0.39, 0.29) is 17.9 Å². The van der Waals surface area contributed by atoms with Crippen molar-refractivity contribution in [3.63, 3.8) is 0 Å². The summed E-state index contributed by atoms with van der Waals surface area (Å²) in [5.74, 6) is -1.23. The molecule has 2 aromatic rings. The highest BCUT2D eigenvalue weighted by Gasteiger charge is 2.26. The third-order valence-corrected chi connectivity index (χ3v) is 6.30. The minimum Gasteiger partial charge on any atom is -0.481 e. The number of carbonyl (C=O) groups is 2. The summed E-state index contributed by atoms with van der Waals surface area (Å²) in [5.41, 5.74) is 0. The molecule has 0 saturated heterocycles. The van der Waals surface area contributed by atoms with Crippen LogP contribution in [0.1, 0.15) is 38.5 Å². The lowest BCUT2D eigenvalue weighted by atomic mass is 10.1. The van der Waals surface area contributed by atoms with Gasteiger partial charge >= 0.3 is 5.97 Å². The van der Waals surface area contributed by atoms with E-state index in [0.29, 0.717) is 18.0 Å². The van der Waals surface area contributed by atoms with Crippen LogP contribution in [-0.4, -0.2) is 47.5 Å². The molecule has 3 N–H and O–H groups in total. The molecule has 0 bridgehead atoms. The molecule has 9 nitrogen and oxygen atoms in total. The Morgan fingerprint density at radius 2 is 1.77 bits per heavy atom. The zero-order valence-electron chi connectivity index (χ0n) is 17.0. The van der Waals surface area contributed by atoms with E-state index in [1.165, 1.54) is 30.6 Å². The number of amides is 1. The molecular formula is C20H27ClN4O5S. The number of halogens is 1. The van der Waals surface area contributed by atoms with Crippen molar-refractivity contribution in [2.24, 2.45) is 0 Å². The standard InChI is InChI=1S/C20H27ClN4O5S/c21-16-7-9-17(10-8-16)31(29,30)24-18(14-25-13-12-22-15-25)20(28)23-11-5-3-1-2-4-6-19(26)27/h7-10,12-13,15,18,24H,1-6,11,14H2,(H,23,28)(H,26,27)/t18-/m0/s1. The van der Waals surface area contributed by atoms with Gasteiger partial charge < -0.3 is 15.0 Å². The summed E-state index contributed by atoms with van der Waals surface area (Å²) in [6, 6.07) is 4.67. The van der Waals surface area contributed by atoms with Gasteiger partial charge in [-0.25, -0.2) is 13.4 Å². The Bertz CT molecular complexity index is 933. The lowest BCUT2D eigenvalue weighted by Gasteiger charge is -2.19. The number of benzene rings is 1. The Morgan fingerprint density at radius 1 is 1.10 bits per heavy atom. The summed E-state index contributed by atoms with van der Waals surface area (Å²) >= 11 is 5.82. The maximum atomic E-state index is 12.7. The number of nitrogens with zero attached hydrogens (tertiary/aromatic N) is 2. The van der Waals surface area contributed by atoms with Crippen LogP contribution in [0.15, 0.2) is 47.9 Å². The van der Waals surface area contributed by atoms with Gasteiger partial charge in [0, 0.05) is 36.9 Å². The number of carbonyl (C=O) groups excluding carboxylic acids is 1. The van der Waals surface area contributed by atoms with Crippen molar-refractivity contribution >= 4 is 33.5 Å². The fourth-order valence-electron chi connectivity index (χ4n) is 2.91. The molecule has 0 aliphatic carbocycles. The second kappa shape index (κ2) is 12.4. The van der Waals surface area contributed by atoms with Gasteiger partial charge in [-0.15, -0.1) is 0 Å². The number of sulfonamides is 1. The molecule has 1 atom stereocenters. The zero-order chi connectivity index (χ0) is 22.7. The SMILES string of the molecule is O=C(O)CCCCCCCNC(=O)[C@H](Cn1ccnc1)NS(=O)(=O)c1ccc(Cl)cc1. The van der Waals surface area contributed by atoms with Crippen LogP contribution >= 0.6 is 11.6 Å². The molecule has 170 valence electrons. The summed E-state index contributed by atoms with van der Waals surface area (Å²) in [6.45, 7) is 0.495. The molecule has 1 amide bonds. The summed E-state index contributed by atoms with van der Waals surface area (Å²) in [5, 5.41) is 11.8.